The van der Waals surface area contributed by atoms with Gasteiger partial charge in [-0.25, -0.2) is 12.7 Å². The summed E-state index contributed by atoms with van der Waals surface area (Å²) in [5, 5.41) is 0. The van der Waals surface area contributed by atoms with Gasteiger partial charge in [0.15, 0.2) is 0 Å². The van der Waals surface area contributed by atoms with Gasteiger partial charge in [-0.1, -0.05) is 6.07 Å². The van der Waals surface area contributed by atoms with Gasteiger partial charge in [0.25, 0.3) is 5.91 Å². The molecule has 0 saturated heterocycles. The normalized spacial score (nSPS) is 11.3. The Morgan fingerprint density at radius 1 is 1.12 bits per heavy atom. The zero-order valence-corrected chi connectivity index (χ0v) is 14.7. The third-order valence-electron chi connectivity index (χ3n) is 3.37. The molecular formula is C16H19N3O5S. The quantitative estimate of drug-likeness (QED) is 0.740. The average Bonchev–Trinajstić information content (AvgIpc) is 3.11. The fraction of sp³-hybridized carbons (Fsp3) is 0.250. The van der Waals surface area contributed by atoms with Crippen LogP contribution in [0.5, 0.6) is 0 Å². The Hall–Kier alpha value is -2.65. The predicted octanol–water partition coefficient (Wildman–Crippen LogP) is 0.924. The van der Waals surface area contributed by atoms with Gasteiger partial charge in [0.1, 0.15) is 5.76 Å². The lowest BCUT2D eigenvalue weighted by Gasteiger charge is -2.12. The largest absolute Gasteiger partial charge is 0.469 e. The molecule has 1 aromatic carbocycles. The van der Waals surface area contributed by atoms with Crippen LogP contribution in [0.1, 0.15) is 22.5 Å². The minimum absolute atomic E-state index is 0.00528. The van der Waals surface area contributed by atoms with E-state index >= 15 is 0 Å². The van der Waals surface area contributed by atoms with Crippen LogP contribution in [0.3, 0.4) is 0 Å². The Morgan fingerprint density at radius 2 is 1.88 bits per heavy atom. The summed E-state index contributed by atoms with van der Waals surface area (Å²) in [4.78, 5) is 23.8. The van der Waals surface area contributed by atoms with Crippen molar-refractivity contribution in [3.63, 3.8) is 0 Å². The smallest absolute Gasteiger partial charge is 0.269 e. The van der Waals surface area contributed by atoms with Crippen molar-refractivity contribution >= 4 is 21.8 Å². The van der Waals surface area contributed by atoms with E-state index in [-0.39, 0.29) is 22.8 Å². The molecule has 9 heteroatoms. The van der Waals surface area contributed by atoms with Gasteiger partial charge >= 0.3 is 0 Å². The van der Waals surface area contributed by atoms with Crippen LogP contribution in [0, 0.1) is 0 Å². The minimum atomic E-state index is -3.64. The number of rotatable bonds is 6. The van der Waals surface area contributed by atoms with Crippen LogP contribution in [-0.4, -0.2) is 38.6 Å². The molecule has 0 unspecified atom stereocenters. The molecule has 8 nitrogen and oxygen atoms in total. The maximum Gasteiger partial charge on any atom is 0.269 e. The van der Waals surface area contributed by atoms with E-state index in [1.807, 2.05) is 0 Å². The standard InChI is InChI=1S/C16H19N3O5S/c1-19(2)25(22,23)14-7-3-5-12(11-14)16(21)18-17-15(20)9-8-13-6-4-10-24-13/h3-7,10-11H,8-9H2,1-2H3,(H,17,20)(H,18,21). The summed E-state index contributed by atoms with van der Waals surface area (Å²) in [7, 11) is -0.834. The molecule has 134 valence electrons. The van der Waals surface area contributed by atoms with Crippen LogP contribution in [0.15, 0.2) is 52.0 Å². The van der Waals surface area contributed by atoms with Gasteiger partial charge in [0, 0.05) is 32.5 Å². The first-order valence-corrected chi connectivity index (χ1v) is 8.89. The van der Waals surface area contributed by atoms with Gasteiger partial charge in [-0.05, 0) is 30.3 Å². The molecule has 0 saturated carbocycles. The molecule has 25 heavy (non-hydrogen) atoms. The maximum absolute atomic E-state index is 12.1. The molecule has 1 heterocycles. The minimum Gasteiger partial charge on any atom is -0.469 e. The highest BCUT2D eigenvalue weighted by Crippen LogP contribution is 2.14. The van der Waals surface area contributed by atoms with Crippen molar-refractivity contribution in [2.75, 3.05) is 14.1 Å². The van der Waals surface area contributed by atoms with Gasteiger partial charge < -0.3 is 4.42 Å². The number of hydrazine groups is 1. The van der Waals surface area contributed by atoms with Crippen molar-refractivity contribution in [3.8, 4) is 0 Å². The number of nitrogens with one attached hydrogen (secondary N) is 2. The average molecular weight is 365 g/mol. The first-order chi connectivity index (χ1) is 11.8. The second-order valence-corrected chi connectivity index (χ2v) is 7.55. The zero-order valence-electron chi connectivity index (χ0n) is 13.9. The number of benzene rings is 1. The van der Waals surface area contributed by atoms with Crippen LogP contribution >= 0.6 is 0 Å². The highest BCUT2D eigenvalue weighted by atomic mass is 32.2. The third-order valence-corrected chi connectivity index (χ3v) is 5.18. The number of nitrogens with zero attached hydrogens (tertiary/aromatic N) is 1. The molecule has 0 bridgehead atoms. The summed E-state index contributed by atoms with van der Waals surface area (Å²) in [6, 6.07) is 9.04. The Balaban J connectivity index is 1.93. The van der Waals surface area contributed by atoms with Gasteiger partial charge in [-0.15, -0.1) is 0 Å². The SMILES string of the molecule is CN(C)S(=O)(=O)c1cccc(C(=O)NNC(=O)CCc2ccco2)c1. The fourth-order valence-electron chi connectivity index (χ4n) is 1.96. The second kappa shape index (κ2) is 7.95. The number of amides is 2. The number of hydrogen-bond acceptors (Lipinski definition) is 5. The number of furan rings is 1. The molecular weight excluding hydrogens is 346 g/mol. The van der Waals surface area contributed by atoms with Crippen molar-refractivity contribution in [3.05, 3.63) is 54.0 Å². The lowest BCUT2D eigenvalue weighted by molar-refractivity contribution is -0.121. The Bertz CT molecular complexity index is 844. The van der Waals surface area contributed by atoms with Gasteiger partial charge in [0.2, 0.25) is 15.9 Å². The van der Waals surface area contributed by atoms with Crippen molar-refractivity contribution in [2.45, 2.75) is 17.7 Å². The maximum atomic E-state index is 12.1. The van der Waals surface area contributed by atoms with E-state index in [0.717, 1.165) is 4.31 Å². The first-order valence-electron chi connectivity index (χ1n) is 7.45. The first kappa shape index (κ1) is 18.7. The van der Waals surface area contributed by atoms with Gasteiger partial charge in [0.05, 0.1) is 11.2 Å². The molecule has 0 fully saturated rings. The van der Waals surface area contributed by atoms with E-state index in [1.54, 1.807) is 12.1 Å². The molecule has 2 rings (SSSR count). The number of carbonyl (C=O) groups is 2. The van der Waals surface area contributed by atoms with Crippen molar-refractivity contribution < 1.29 is 22.4 Å². The molecule has 2 amide bonds. The van der Waals surface area contributed by atoms with Crippen molar-refractivity contribution in [2.24, 2.45) is 0 Å². The third kappa shape index (κ3) is 4.91. The number of aryl methyl sites for hydroxylation is 1. The summed E-state index contributed by atoms with van der Waals surface area (Å²) in [6.07, 6.45) is 2.07. The number of sulfonamides is 1. The number of hydrogen-bond donors (Lipinski definition) is 2. The van der Waals surface area contributed by atoms with E-state index in [0.29, 0.717) is 12.2 Å². The van der Waals surface area contributed by atoms with Crippen molar-refractivity contribution in [1.29, 1.82) is 0 Å². The Morgan fingerprint density at radius 3 is 2.52 bits per heavy atom. The molecule has 0 aliphatic rings. The van der Waals surface area contributed by atoms with Crippen molar-refractivity contribution in [1.82, 2.24) is 15.2 Å². The van der Waals surface area contributed by atoms with Gasteiger partial charge in [-0.2, -0.15) is 0 Å². The van der Waals surface area contributed by atoms with E-state index in [1.165, 1.54) is 44.6 Å². The lowest BCUT2D eigenvalue weighted by Crippen LogP contribution is -2.41. The van der Waals surface area contributed by atoms with E-state index in [9.17, 15) is 18.0 Å². The van der Waals surface area contributed by atoms with E-state index in [4.69, 9.17) is 4.42 Å². The predicted molar refractivity (Wildman–Crippen MR) is 90.0 cm³/mol. The zero-order chi connectivity index (χ0) is 18.4. The summed E-state index contributed by atoms with van der Waals surface area (Å²) in [5.74, 6) is -0.327. The van der Waals surface area contributed by atoms with Crippen LogP contribution in [0.4, 0.5) is 0 Å². The molecule has 2 aromatic rings. The molecule has 0 atom stereocenters. The summed E-state index contributed by atoms with van der Waals surface area (Å²) in [6.45, 7) is 0. The summed E-state index contributed by atoms with van der Waals surface area (Å²) < 4.78 is 30.3. The Labute approximate surface area is 145 Å². The molecule has 2 N–H and O–H groups in total. The van der Waals surface area contributed by atoms with Crippen LogP contribution < -0.4 is 10.9 Å². The second-order valence-electron chi connectivity index (χ2n) is 5.40. The van der Waals surface area contributed by atoms with E-state index in [2.05, 4.69) is 10.9 Å². The monoisotopic (exact) mass is 365 g/mol. The van der Waals surface area contributed by atoms with Crippen LogP contribution in [0.25, 0.3) is 0 Å². The fourth-order valence-corrected chi connectivity index (χ4v) is 2.91. The highest BCUT2D eigenvalue weighted by molar-refractivity contribution is 7.89. The van der Waals surface area contributed by atoms with Crippen LogP contribution in [-0.2, 0) is 21.2 Å². The molecule has 0 radical (unpaired) electrons. The molecule has 0 spiro atoms. The lowest BCUT2D eigenvalue weighted by atomic mass is 10.2. The summed E-state index contributed by atoms with van der Waals surface area (Å²) in [5.41, 5.74) is 4.66. The molecule has 1 aromatic heterocycles. The molecule has 0 aliphatic carbocycles. The highest BCUT2D eigenvalue weighted by Gasteiger charge is 2.18. The van der Waals surface area contributed by atoms with Crippen LogP contribution in [0.2, 0.25) is 0 Å². The molecule has 0 aliphatic heterocycles. The van der Waals surface area contributed by atoms with Gasteiger partial charge in [-0.3, -0.25) is 20.4 Å². The topological polar surface area (TPSA) is 109 Å². The number of carbonyl (C=O) groups excluding carboxylic acids is 2. The Kier molecular flexibility index (Phi) is 5.94. The van der Waals surface area contributed by atoms with E-state index < -0.39 is 15.9 Å². The summed E-state index contributed by atoms with van der Waals surface area (Å²) >= 11 is 0.